The van der Waals surface area contributed by atoms with Crippen LogP contribution in [0.25, 0.3) is 0 Å². The number of halogens is 1. The third-order valence-corrected chi connectivity index (χ3v) is 4.12. The average Bonchev–Trinajstić information content (AvgIpc) is 3.21. The molecular weight excluding hydrogens is 248 g/mol. The van der Waals surface area contributed by atoms with E-state index in [4.69, 9.17) is 17.3 Å². The Morgan fingerprint density at radius 1 is 1.28 bits per heavy atom. The number of hydrogen-bond donors (Lipinski definition) is 2. The van der Waals surface area contributed by atoms with Gasteiger partial charge in [0.25, 0.3) is 5.91 Å². The van der Waals surface area contributed by atoms with E-state index in [-0.39, 0.29) is 5.91 Å². The second kappa shape index (κ2) is 4.47. The van der Waals surface area contributed by atoms with Gasteiger partial charge in [0, 0.05) is 11.7 Å². The lowest BCUT2D eigenvalue weighted by atomic mass is 10.1. The minimum Gasteiger partial charge on any atom is -0.399 e. The molecule has 3 rings (SSSR count). The number of nitrogen functional groups attached to an aromatic ring is 1. The van der Waals surface area contributed by atoms with Crippen molar-refractivity contribution in [3.8, 4) is 0 Å². The minimum atomic E-state index is -0.0869. The Kier molecular flexibility index (Phi) is 2.94. The molecule has 0 spiro atoms. The van der Waals surface area contributed by atoms with Gasteiger partial charge in [-0.05, 0) is 55.7 Å². The maximum absolute atomic E-state index is 12.2. The van der Waals surface area contributed by atoms with Crippen LogP contribution >= 0.6 is 11.6 Å². The van der Waals surface area contributed by atoms with Gasteiger partial charge < -0.3 is 11.1 Å². The Bertz CT molecular complexity index is 469. The summed E-state index contributed by atoms with van der Waals surface area (Å²) in [5, 5.41) is 3.61. The zero-order chi connectivity index (χ0) is 12.7. The first-order chi connectivity index (χ1) is 8.65. The Labute approximate surface area is 112 Å². The van der Waals surface area contributed by atoms with Gasteiger partial charge in [0.05, 0.1) is 10.6 Å². The molecular formula is C14H17ClN2O. The highest BCUT2D eigenvalue weighted by Crippen LogP contribution is 2.44. The fourth-order valence-electron chi connectivity index (χ4n) is 2.48. The minimum absolute atomic E-state index is 0.0869. The van der Waals surface area contributed by atoms with Gasteiger partial charge in [0.15, 0.2) is 0 Å². The highest BCUT2D eigenvalue weighted by atomic mass is 35.5. The molecule has 0 unspecified atom stereocenters. The fourth-order valence-corrected chi connectivity index (χ4v) is 2.68. The van der Waals surface area contributed by atoms with Crippen molar-refractivity contribution >= 4 is 23.2 Å². The third kappa shape index (κ3) is 2.46. The van der Waals surface area contributed by atoms with Crippen molar-refractivity contribution in [1.29, 1.82) is 0 Å². The number of hydrogen-bond acceptors (Lipinski definition) is 2. The zero-order valence-electron chi connectivity index (χ0n) is 10.2. The largest absolute Gasteiger partial charge is 0.399 e. The van der Waals surface area contributed by atoms with Crippen LogP contribution in [0, 0.1) is 11.8 Å². The molecule has 0 radical (unpaired) electrons. The van der Waals surface area contributed by atoms with Crippen molar-refractivity contribution in [2.24, 2.45) is 11.8 Å². The van der Waals surface area contributed by atoms with Gasteiger partial charge in [-0.3, -0.25) is 4.79 Å². The molecule has 0 bridgehead atoms. The molecule has 3 N–H and O–H groups in total. The highest BCUT2D eigenvalue weighted by molar-refractivity contribution is 6.34. The number of carbonyl (C=O) groups excluding carboxylic acids is 1. The van der Waals surface area contributed by atoms with E-state index in [9.17, 15) is 4.79 Å². The van der Waals surface area contributed by atoms with Crippen molar-refractivity contribution < 1.29 is 4.79 Å². The normalized spacial score (nSPS) is 19.0. The van der Waals surface area contributed by atoms with Crippen LogP contribution in [0.1, 0.15) is 36.0 Å². The van der Waals surface area contributed by atoms with Gasteiger partial charge in [-0.1, -0.05) is 11.6 Å². The molecule has 0 saturated heterocycles. The Balaban J connectivity index is 1.75. The van der Waals surface area contributed by atoms with Crippen molar-refractivity contribution in [1.82, 2.24) is 5.32 Å². The molecule has 3 nitrogen and oxygen atoms in total. The van der Waals surface area contributed by atoms with E-state index in [0.717, 1.165) is 0 Å². The zero-order valence-corrected chi connectivity index (χ0v) is 10.9. The summed E-state index contributed by atoms with van der Waals surface area (Å²) in [6.07, 6.45) is 4.97. The average molecular weight is 265 g/mol. The van der Waals surface area contributed by atoms with E-state index < -0.39 is 0 Å². The molecule has 18 heavy (non-hydrogen) atoms. The molecule has 0 atom stereocenters. The molecule has 0 aromatic heterocycles. The summed E-state index contributed by atoms with van der Waals surface area (Å²) in [6.45, 7) is 0. The summed E-state index contributed by atoms with van der Waals surface area (Å²) in [6, 6.07) is 5.37. The third-order valence-electron chi connectivity index (χ3n) is 3.79. The Hall–Kier alpha value is -1.22. The predicted octanol–water partition coefficient (Wildman–Crippen LogP) is 2.84. The van der Waals surface area contributed by atoms with Crippen LogP contribution in [-0.2, 0) is 0 Å². The maximum atomic E-state index is 12.2. The van der Waals surface area contributed by atoms with E-state index in [1.165, 1.54) is 25.7 Å². The summed E-state index contributed by atoms with van der Waals surface area (Å²) >= 11 is 6.05. The second-order valence-corrected chi connectivity index (χ2v) is 5.82. The molecule has 4 heteroatoms. The SMILES string of the molecule is Nc1ccc(Cl)c(C(=O)NC(C2CC2)C2CC2)c1. The molecule has 1 aromatic rings. The number of anilines is 1. The lowest BCUT2D eigenvalue weighted by molar-refractivity contribution is 0.0926. The van der Waals surface area contributed by atoms with Gasteiger partial charge in [0.1, 0.15) is 0 Å². The van der Waals surface area contributed by atoms with Crippen LogP contribution in [0.5, 0.6) is 0 Å². The number of rotatable bonds is 4. The molecule has 2 aliphatic carbocycles. The van der Waals surface area contributed by atoms with Gasteiger partial charge in [-0.25, -0.2) is 0 Å². The van der Waals surface area contributed by atoms with Gasteiger partial charge in [-0.15, -0.1) is 0 Å². The second-order valence-electron chi connectivity index (χ2n) is 5.41. The summed E-state index contributed by atoms with van der Waals surface area (Å²) in [7, 11) is 0. The first-order valence-corrected chi connectivity index (χ1v) is 6.89. The van der Waals surface area contributed by atoms with E-state index in [2.05, 4.69) is 5.32 Å². The summed E-state index contributed by atoms with van der Waals surface area (Å²) in [4.78, 5) is 12.2. The molecule has 2 aliphatic rings. The van der Waals surface area contributed by atoms with E-state index in [1.807, 2.05) is 0 Å². The topological polar surface area (TPSA) is 55.1 Å². The molecule has 0 heterocycles. The number of nitrogens with one attached hydrogen (secondary N) is 1. The van der Waals surface area contributed by atoms with Crippen LogP contribution < -0.4 is 11.1 Å². The fraction of sp³-hybridized carbons (Fsp3) is 0.500. The Morgan fingerprint density at radius 2 is 1.89 bits per heavy atom. The van der Waals surface area contributed by atoms with Crippen molar-refractivity contribution in [3.63, 3.8) is 0 Å². The summed E-state index contributed by atoms with van der Waals surface area (Å²) in [5.41, 5.74) is 6.76. The number of nitrogens with two attached hydrogens (primary N) is 1. The smallest absolute Gasteiger partial charge is 0.253 e. The maximum Gasteiger partial charge on any atom is 0.253 e. The number of carbonyl (C=O) groups is 1. The van der Waals surface area contributed by atoms with Crippen LogP contribution in [0.15, 0.2) is 18.2 Å². The molecule has 2 fully saturated rings. The standard InChI is InChI=1S/C14H17ClN2O/c15-12-6-5-10(16)7-11(12)14(18)17-13(8-1-2-8)9-3-4-9/h5-9,13H,1-4,16H2,(H,17,18). The van der Waals surface area contributed by atoms with Crippen LogP contribution in [0.3, 0.4) is 0 Å². The quantitative estimate of drug-likeness (QED) is 0.822. The summed E-state index contributed by atoms with van der Waals surface area (Å²) in [5.74, 6) is 1.28. The number of benzene rings is 1. The van der Waals surface area contributed by atoms with Crippen molar-refractivity contribution in [2.75, 3.05) is 5.73 Å². The van der Waals surface area contributed by atoms with Gasteiger partial charge in [-0.2, -0.15) is 0 Å². The first kappa shape index (κ1) is 11.8. The predicted molar refractivity (Wildman–Crippen MR) is 72.6 cm³/mol. The molecule has 0 aliphatic heterocycles. The first-order valence-electron chi connectivity index (χ1n) is 6.51. The molecule has 2 saturated carbocycles. The molecule has 1 amide bonds. The lowest BCUT2D eigenvalue weighted by Gasteiger charge is -2.18. The Morgan fingerprint density at radius 3 is 2.44 bits per heavy atom. The highest BCUT2D eigenvalue weighted by Gasteiger charge is 2.42. The van der Waals surface area contributed by atoms with E-state index in [1.54, 1.807) is 18.2 Å². The van der Waals surface area contributed by atoms with Crippen LogP contribution in [0.4, 0.5) is 5.69 Å². The van der Waals surface area contributed by atoms with Crippen molar-refractivity contribution in [3.05, 3.63) is 28.8 Å². The van der Waals surface area contributed by atoms with Crippen LogP contribution in [-0.4, -0.2) is 11.9 Å². The summed E-state index contributed by atoms with van der Waals surface area (Å²) < 4.78 is 0. The monoisotopic (exact) mass is 264 g/mol. The van der Waals surface area contributed by atoms with Gasteiger partial charge >= 0.3 is 0 Å². The van der Waals surface area contributed by atoms with Crippen molar-refractivity contribution in [2.45, 2.75) is 31.7 Å². The lowest BCUT2D eigenvalue weighted by Crippen LogP contribution is -2.38. The van der Waals surface area contributed by atoms with E-state index >= 15 is 0 Å². The van der Waals surface area contributed by atoms with E-state index in [0.29, 0.717) is 34.2 Å². The van der Waals surface area contributed by atoms with Gasteiger partial charge in [0.2, 0.25) is 0 Å². The number of amides is 1. The molecule has 1 aromatic carbocycles. The van der Waals surface area contributed by atoms with Crippen LogP contribution in [0.2, 0.25) is 5.02 Å². The molecule has 96 valence electrons.